The molecule has 0 spiro atoms. The van der Waals surface area contributed by atoms with Crippen molar-refractivity contribution in [1.29, 1.82) is 0 Å². The van der Waals surface area contributed by atoms with E-state index in [0.29, 0.717) is 34.5 Å². The first-order chi connectivity index (χ1) is 22.3. The predicted octanol–water partition coefficient (Wildman–Crippen LogP) is 7.80. The van der Waals surface area contributed by atoms with Gasteiger partial charge in [0.15, 0.2) is 11.6 Å². The van der Waals surface area contributed by atoms with Crippen LogP contribution < -0.4 is 14.2 Å². The Balaban J connectivity index is 1.43. The maximum atomic E-state index is 12.1. The minimum atomic E-state index is -4.48. The summed E-state index contributed by atoms with van der Waals surface area (Å²) < 4.78 is 83.5. The first-order valence-corrected chi connectivity index (χ1v) is 19.0. The Bertz CT molecular complexity index is 2280. The Hall–Kier alpha value is -3.79. The number of fused-ring (bicyclic) bond motifs is 2. The summed E-state index contributed by atoms with van der Waals surface area (Å²) in [6.45, 7) is 1.85. The van der Waals surface area contributed by atoms with Crippen LogP contribution >= 0.6 is 31.9 Å². The summed E-state index contributed by atoms with van der Waals surface area (Å²) >= 11 is 6.86. The lowest BCUT2D eigenvalue weighted by Crippen LogP contribution is -2.39. The lowest BCUT2D eigenvalue weighted by molar-refractivity contribution is -0.658. The van der Waals surface area contributed by atoms with Crippen molar-refractivity contribution in [3.63, 3.8) is 0 Å². The van der Waals surface area contributed by atoms with E-state index in [1.54, 1.807) is 36.4 Å². The van der Waals surface area contributed by atoms with Crippen LogP contribution in [-0.2, 0) is 26.1 Å². The summed E-state index contributed by atoms with van der Waals surface area (Å²) in [5, 5.41) is 0. The van der Waals surface area contributed by atoms with Crippen LogP contribution in [0.5, 0.6) is 5.75 Å². The third-order valence-corrected chi connectivity index (χ3v) is 9.65. The molecule has 47 heavy (non-hydrogen) atoms. The van der Waals surface area contributed by atoms with Crippen LogP contribution in [0, 0.1) is 0 Å². The number of ether oxygens (including phenoxy) is 1. The summed E-state index contributed by atoms with van der Waals surface area (Å²) in [6.07, 6.45) is 3.60. The van der Waals surface area contributed by atoms with Crippen molar-refractivity contribution in [3.8, 4) is 28.0 Å². The van der Waals surface area contributed by atoms with Gasteiger partial charge in [0.1, 0.15) is 0 Å². The molecule has 0 fully saturated rings. The lowest BCUT2D eigenvalue weighted by atomic mass is 10.0. The van der Waals surface area contributed by atoms with Crippen molar-refractivity contribution in [1.82, 2.24) is 0 Å². The standard InChI is InChI=1S/C33H26Br2N2O8S2/c1-2-21(15-32-36(19-46(38,39)40)28-17-24(7-13-30(28)44-32)22-3-9-26(34)10-4-22)16-33-37(20-47(41,42)43)29-18-25(8-14-31(29)45-33)23-5-11-27(35)12-6-23/h3-18H,2,19-20H2,1H3,(H-,38,39,40,41,42,43)/p+1. The summed E-state index contributed by atoms with van der Waals surface area (Å²) in [7, 11) is -8.96. The van der Waals surface area contributed by atoms with Gasteiger partial charge in [0.25, 0.3) is 21.5 Å². The number of hydrogen-bond donors (Lipinski definition) is 2. The smallest absolute Gasteiger partial charge is 0.375 e. The average Bonchev–Trinajstić information content (AvgIpc) is 3.51. The zero-order valence-corrected chi connectivity index (χ0v) is 29.5. The van der Waals surface area contributed by atoms with Gasteiger partial charge in [-0.2, -0.15) is 16.8 Å². The fourth-order valence-corrected chi connectivity index (χ4v) is 6.93. The summed E-state index contributed by atoms with van der Waals surface area (Å²) in [4.78, 5) is 1.35. The number of oxazole rings is 1. The maximum absolute atomic E-state index is 12.1. The van der Waals surface area contributed by atoms with Crippen molar-refractivity contribution < 1.29 is 39.7 Å². The minimum absolute atomic E-state index is 0.133. The second kappa shape index (κ2) is 13.0. The molecule has 242 valence electrons. The molecule has 2 heterocycles. The molecule has 6 rings (SSSR count). The number of rotatable bonds is 9. The highest BCUT2D eigenvalue weighted by Crippen LogP contribution is 2.42. The monoisotopic (exact) mass is 801 g/mol. The molecule has 0 saturated heterocycles. The largest absolute Gasteiger partial charge is 0.439 e. The minimum Gasteiger partial charge on any atom is -0.439 e. The summed E-state index contributed by atoms with van der Waals surface area (Å²) in [6, 6.07) is 26.0. The molecular weight excluding hydrogens is 776 g/mol. The number of aromatic nitrogens is 1. The van der Waals surface area contributed by atoms with Gasteiger partial charge in [-0.05, 0) is 76.7 Å². The Morgan fingerprint density at radius 2 is 1.38 bits per heavy atom. The molecule has 0 unspecified atom stereocenters. The Morgan fingerprint density at radius 1 is 0.809 bits per heavy atom. The third kappa shape index (κ3) is 7.69. The molecule has 1 aliphatic rings. The van der Waals surface area contributed by atoms with Crippen LogP contribution in [-0.4, -0.2) is 31.8 Å². The van der Waals surface area contributed by atoms with Crippen LogP contribution in [0.1, 0.15) is 19.2 Å². The van der Waals surface area contributed by atoms with Crippen LogP contribution in [0.3, 0.4) is 0 Å². The highest BCUT2D eigenvalue weighted by molar-refractivity contribution is 9.10. The Labute approximate surface area is 288 Å². The summed E-state index contributed by atoms with van der Waals surface area (Å²) in [5.41, 5.74) is 5.26. The quantitative estimate of drug-likeness (QED) is 0.113. The van der Waals surface area contributed by atoms with Gasteiger partial charge >= 0.3 is 16.0 Å². The predicted molar refractivity (Wildman–Crippen MR) is 187 cm³/mol. The van der Waals surface area contributed by atoms with Gasteiger partial charge in [0, 0.05) is 21.1 Å². The Morgan fingerprint density at radius 3 is 1.96 bits per heavy atom. The highest BCUT2D eigenvalue weighted by atomic mass is 79.9. The fourth-order valence-electron chi connectivity index (χ4n) is 5.22. The van der Waals surface area contributed by atoms with Gasteiger partial charge in [-0.3, -0.25) is 14.0 Å². The normalized spacial score (nSPS) is 14.5. The van der Waals surface area contributed by atoms with Crippen LogP contribution in [0.4, 0.5) is 5.69 Å². The molecule has 0 atom stereocenters. The van der Waals surface area contributed by atoms with Gasteiger partial charge in [-0.1, -0.05) is 75.2 Å². The third-order valence-electron chi connectivity index (χ3n) is 7.43. The van der Waals surface area contributed by atoms with Crippen LogP contribution in [0.15, 0.2) is 116 Å². The first kappa shape index (κ1) is 33.1. The molecule has 10 nitrogen and oxygen atoms in total. The van der Waals surface area contributed by atoms with E-state index in [1.165, 1.54) is 9.47 Å². The van der Waals surface area contributed by atoms with Crippen molar-refractivity contribution in [3.05, 3.63) is 117 Å². The summed E-state index contributed by atoms with van der Waals surface area (Å²) in [5.74, 6) is -0.873. The average molecular weight is 804 g/mol. The van der Waals surface area contributed by atoms with Crippen molar-refractivity contribution >= 4 is 75.0 Å². The molecule has 5 aromatic rings. The highest BCUT2D eigenvalue weighted by Gasteiger charge is 2.31. The number of halogens is 2. The van der Waals surface area contributed by atoms with E-state index < -0.39 is 32.0 Å². The van der Waals surface area contributed by atoms with Crippen LogP contribution in [0.2, 0.25) is 0 Å². The van der Waals surface area contributed by atoms with E-state index in [4.69, 9.17) is 9.15 Å². The fraction of sp³-hybridized carbons (Fsp3) is 0.121. The van der Waals surface area contributed by atoms with E-state index in [0.717, 1.165) is 31.2 Å². The molecule has 0 aliphatic carbocycles. The molecule has 0 amide bonds. The number of allylic oxidation sites excluding steroid dienone is 2. The zero-order valence-electron chi connectivity index (χ0n) is 24.7. The Kier molecular flexibility index (Phi) is 9.17. The van der Waals surface area contributed by atoms with E-state index in [9.17, 15) is 25.9 Å². The molecule has 0 saturated carbocycles. The molecule has 2 N–H and O–H groups in total. The van der Waals surface area contributed by atoms with Crippen molar-refractivity contribution in [2.75, 3.05) is 10.8 Å². The van der Waals surface area contributed by atoms with Gasteiger partial charge in [-0.15, -0.1) is 4.57 Å². The number of nitrogens with zero attached hydrogens (tertiary/aromatic N) is 2. The molecular formula is C33H27Br2N2O8S2+. The van der Waals surface area contributed by atoms with E-state index in [1.807, 2.05) is 67.6 Å². The molecule has 1 aliphatic heterocycles. The van der Waals surface area contributed by atoms with Crippen LogP contribution in [0.25, 0.3) is 39.4 Å². The molecule has 0 bridgehead atoms. The topological polar surface area (TPSA) is 138 Å². The van der Waals surface area contributed by atoms with E-state index in [-0.39, 0.29) is 11.8 Å². The number of hydrogen-bond acceptors (Lipinski definition) is 7. The van der Waals surface area contributed by atoms with Crippen molar-refractivity contribution in [2.45, 2.75) is 19.2 Å². The second-order valence-electron chi connectivity index (χ2n) is 10.8. The lowest BCUT2D eigenvalue weighted by Gasteiger charge is -2.17. The molecule has 14 heteroatoms. The second-order valence-corrected chi connectivity index (χ2v) is 15.4. The van der Waals surface area contributed by atoms with Crippen molar-refractivity contribution in [2.24, 2.45) is 0 Å². The van der Waals surface area contributed by atoms with Gasteiger partial charge in [0.2, 0.25) is 11.5 Å². The molecule has 4 aromatic carbocycles. The number of benzene rings is 4. The molecule has 1 aromatic heterocycles. The van der Waals surface area contributed by atoms with Gasteiger partial charge in [0.05, 0.1) is 11.8 Å². The van der Waals surface area contributed by atoms with E-state index >= 15 is 0 Å². The SMILES string of the molecule is CCC(=C/c1oc2ccc(-c3ccc(Br)cc3)cc2[n+]1CS(=O)(=O)O)/C=C1/Oc2ccc(-c3ccc(Br)cc3)cc2N1CS(=O)(=O)O. The van der Waals surface area contributed by atoms with Gasteiger partial charge < -0.3 is 9.15 Å². The number of anilines is 1. The molecule has 0 radical (unpaired) electrons. The zero-order chi connectivity index (χ0) is 33.5. The van der Waals surface area contributed by atoms with E-state index in [2.05, 4.69) is 31.9 Å². The van der Waals surface area contributed by atoms with Gasteiger partial charge in [-0.25, -0.2) is 0 Å². The maximum Gasteiger partial charge on any atom is 0.375 e. The first-order valence-electron chi connectivity index (χ1n) is 14.2.